The average Bonchev–Trinajstić information content (AvgIpc) is 2.36. The van der Waals surface area contributed by atoms with Gasteiger partial charge in [0.2, 0.25) is 0 Å². The summed E-state index contributed by atoms with van der Waals surface area (Å²) in [5.41, 5.74) is 0.367. The Morgan fingerprint density at radius 2 is 1.95 bits per heavy atom. The Hall–Kier alpha value is -1.29. The lowest BCUT2D eigenvalue weighted by Gasteiger charge is -2.12. The molecule has 0 fully saturated rings. The second-order valence-corrected chi connectivity index (χ2v) is 4.98. The zero-order valence-corrected chi connectivity index (χ0v) is 11.3. The van der Waals surface area contributed by atoms with Crippen molar-refractivity contribution in [3.8, 4) is 0 Å². The molecular weight excluding hydrogens is 275 g/mol. The lowest BCUT2D eigenvalue weighted by molar-refractivity contribution is -0.140. The normalized spacial score (nSPS) is 13.8. The summed E-state index contributed by atoms with van der Waals surface area (Å²) in [7, 11) is 0. The highest BCUT2D eigenvalue weighted by Crippen LogP contribution is 2.34. The number of halogens is 4. The summed E-state index contributed by atoms with van der Waals surface area (Å²) in [4.78, 5) is 3.62. The van der Waals surface area contributed by atoms with E-state index >= 15 is 0 Å². The van der Waals surface area contributed by atoms with E-state index < -0.39 is 11.9 Å². The number of nitrogens with zero attached hydrogens (tertiary/aromatic N) is 1. The number of alkyl halides is 3. The lowest BCUT2D eigenvalue weighted by atomic mass is 9.97. The van der Waals surface area contributed by atoms with E-state index in [4.69, 9.17) is 11.6 Å². The van der Waals surface area contributed by atoms with Gasteiger partial charge in [0.25, 0.3) is 0 Å². The molecule has 1 heterocycles. The smallest absolute Gasteiger partial charge is 0.243 e. The van der Waals surface area contributed by atoms with Crippen LogP contribution < -0.4 is 0 Å². The Balaban J connectivity index is 2.60. The molecule has 0 bridgehead atoms. The van der Waals surface area contributed by atoms with Crippen molar-refractivity contribution in [2.75, 3.05) is 0 Å². The van der Waals surface area contributed by atoms with E-state index in [2.05, 4.69) is 18.8 Å². The van der Waals surface area contributed by atoms with Crippen LogP contribution in [0.1, 0.15) is 37.4 Å². The Labute approximate surface area is 114 Å². The van der Waals surface area contributed by atoms with E-state index in [0.717, 1.165) is 18.1 Å². The summed E-state index contributed by atoms with van der Waals surface area (Å²) in [6.45, 7) is 4.12. The minimum Gasteiger partial charge on any atom is -0.243 e. The maximum Gasteiger partial charge on any atom is 0.433 e. The number of pyridine rings is 1. The summed E-state index contributed by atoms with van der Waals surface area (Å²) in [6, 6.07) is 6.10. The van der Waals surface area contributed by atoms with Gasteiger partial charge in [0.05, 0.1) is 10.5 Å². The molecule has 102 valence electrons. The fourth-order valence-corrected chi connectivity index (χ4v) is 2.14. The lowest BCUT2D eigenvalue weighted by Crippen LogP contribution is -2.08. The molecule has 2 aromatic rings. The number of hydrogen-bond donors (Lipinski definition) is 0. The van der Waals surface area contributed by atoms with Crippen LogP contribution >= 0.6 is 11.6 Å². The van der Waals surface area contributed by atoms with E-state index in [1.807, 2.05) is 6.07 Å². The van der Waals surface area contributed by atoms with Crippen LogP contribution in [0.4, 0.5) is 13.2 Å². The highest BCUT2D eigenvalue weighted by atomic mass is 35.5. The Morgan fingerprint density at radius 1 is 1.26 bits per heavy atom. The van der Waals surface area contributed by atoms with Crippen LogP contribution in [0.3, 0.4) is 0 Å². The molecular formula is C14H13ClF3N. The first-order valence-electron chi connectivity index (χ1n) is 6.00. The minimum absolute atomic E-state index is 0.0856. The van der Waals surface area contributed by atoms with Crippen LogP contribution in [0.2, 0.25) is 5.02 Å². The molecule has 0 saturated carbocycles. The molecule has 2 rings (SSSR count). The van der Waals surface area contributed by atoms with Gasteiger partial charge in [-0.3, -0.25) is 0 Å². The summed E-state index contributed by atoms with van der Waals surface area (Å²) >= 11 is 5.95. The Kier molecular flexibility index (Phi) is 3.72. The average molecular weight is 288 g/mol. The van der Waals surface area contributed by atoms with Gasteiger partial charge in [0, 0.05) is 5.39 Å². The Bertz CT molecular complexity index is 607. The third kappa shape index (κ3) is 2.84. The summed E-state index contributed by atoms with van der Waals surface area (Å²) < 4.78 is 37.9. The quantitative estimate of drug-likeness (QED) is 0.718. The van der Waals surface area contributed by atoms with E-state index in [1.165, 1.54) is 0 Å². The summed E-state index contributed by atoms with van der Waals surface area (Å²) in [6.07, 6.45) is -3.52. The number of rotatable bonds is 2. The Morgan fingerprint density at radius 3 is 2.53 bits per heavy atom. The van der Waals surface area contributed by atoms with E-state index in [9.17, 15) is 13.2 Å². The van der Waals surface area contributed by atoms with E-state index in [-0.39, 0.29) is 10.5 Å². The number of hydrogen-bond acceptors (Lipinski definition) is 1. The van der Waals surface area contributed by atoms with Crippen molar-refractivity contribution in [1.82, 2.24) is 4.98 Å². The molecule has 0 radical (unpaired) electrons. The highest BCUT2D eigenvalue weighted by molar-refractivity contribution is 6.35. The number of fused-ring (bicyclic) bond motifs is 1. The molecule has 19 heavy (non-hydrogen) atoms. The first-order chi connectivity index (χ1) is 8.82. The molecule has 1 nitrogen and oxygen atoms in total. The first kappa shape index (κ1) is 14.1. The van der Waals surface area contributed by atoms with Gasteiger partial charge in [-0.2, -0.15) is 13.2 Å². The molecule has 0 saturated heterocycles. The highest BCUT2D eigenvalue weighted by Gasteiger charge is 2.33. The largest absolute Gasteiger partial charge is 0.433 e. The molecule has 5 heteroatoms. The van der Waals surface area contributed by atoms with Crippen LogP contribution in [0.5, 0.6) is 0 Å². The molecule has 0 aliphatic carbocycles. The molecule has 0 amide bonds. The number of benzene rings is 1. The van der Waals surface area contributed by atoms with Crippen LogP contribution in [-0.4, -0.2) is 4.98 Å². The van der Waals surface area contributed by atoms with E-state index in [1.54, 1.807) is 12.1 Å². The molecule has 1 atom stereocenters. The fourth-order valence-electron chi connectivity index (χ4n) is 1.89. The van der Waals surface area contributed by atoms with Crippen molar-refractivity contribution in [2.45, 2.75) is 32.4 Å². The molecule has 0 N–H and O–H groups in total. The molecule has 1 aromatic heterocycles. The SMILES string of the molecule is CCC(C)c1ccc2nc(C(F)(F)F)cc(Cl)c2c1. The first-order valence-corrected chi connectivity index (χ1v) is 6.38. The zero-order valence-electron chi connectivity index (χ0n) is 10.6. The molecule has 1 aromatic carbocycles. The third-order valence-electron chi connectivity index (χ3n) is 3.25. The molecule has 0 spiro atoms. The van der Waals surface area contributed by atoms with E-state index in [0.29, 0.717) is 11.3 Å². The van der Waals surface area contributed by atoms with Crippen molar-refractivity contribution < 1.29 is 13.2 Å². The van der Waals surface area contributed by atoms with Gasteiger partial charge in [0.1, 0.15) is 5.69 Å². The summed E-state index contributed by atoms with van der Waals surface area (Å²) in [5, 5.41) is 0.648. The van der Waals surface area contributed by atoms with Crippen molar-refractivity contribution in [1.29, 1.82) is 0 Å². The van der Waals surface area contributed by atoms with Crippen molar-refractivity contribution in [3.63, 3.8) is 0 Å². The van der Waals surface area contributed by atoms with Gasteiger partial charge >= 0.3 is 6.18 Å². The minimum atomic E-state index is -4.48. The topological polar surface area (TPSA) is 12.9 Å². The van der Waals surface area contributed by atoms with Crippen molar-refractivity contribution >= 4 is 22.5 Å². The second-order valence-electron chi connectivity index (χ2n) is 4.57. The number of aromatic nitrogens is 1. The van der Waals surface area contributed by atoms with Crippen molar-refractivity contribution in [2.24, 2.45) is 0 Å². The van der Waals surface area contributed by atoms with Gasteiger partial charge in [-0.25, -0.2) is 4.98 Å². The van der Waals surface area contributed by atoms with Gasteiger partial charge in [-0.05, 0) is 36.1 Å². The monoisotopic (exact) mass is 287 g/mol. The van der Waals surface area contributed by atoms with Gasteiger partial charge in [-0.15, -0.1) is 0 Å². The molecule has 0 aliphatic heterocycles. The fraction of sp³-hybridized carbons (Fsp3) is 0.357. The van der Waals surface area contributed by atoms with Crippen molar-refractivity contribution in [3.05, 3.63) is 40.5 Å². The maximum atomic E-state index is 12.6. The third-order valence-corrected chi connectivity index (χ3v) is 3.57. The van der Waals surface area contributed by atoms with Crippen LogP contribution in [0.15, 0.2) is 24.3 Å². The van der Waals surface area contributed by atoms with Gasteiger partial charge < -0.3 is 0 Å². The van der Waals surface area contributed by atoms with Gasteiger partial charge in [-0.1, -0.05) is 31.5 Å². The van der Waals surface area contributed by atoms with Crippen LogP contribution in [-0.2, 0) is 6.18 Å². The van der Waals surface area contributed by atoms with Gasteiger partial charge in [0.15, 0.2) is 0 Å². The predicted octanol–water partition coefficient (Wildman–Crippen LogP) is 5.42. The van der Waals surface area contributed by atoms with Crippen LogP contribution in [0, 0.1) is 0 Å². The predicted molar refractivity (Wildman–Crippen MR) is 70.5 cm³/mol. The zero-order chi connectivity index (χ0) is 14.2. The summed E-state index contributed by atoms with van der Waals surface area (Å²) in [5.74, 6) is 0.336. The second kappa shape index (κ2) is 5.00. The molecule has 1 unspecified atom stereocenters. The van der Waals surface area contributed by atoms with Crippen LogP contribution in [0.25, 0.3) is 10.9 Å². The standard InChI is InChI=1S/C14H13ClF3N/c1-3-8(2)9-4-5-12-10(6-9)11(15)7-13(19-12)14(16,17)18/h4-8H,3H2,1-2H3. The maximum absolute atomic E-state index is 12.6. The molecule has 0 aliphatic rings.